The van der Waals surface area contributed by atoms with Crippen LogP contribution in [0.15, 0.2) is 35.3 Å². The number of piperazine rings is 1. The van der Waals surface area contributed by atoms with Crippen LogP contribution in [0.4, 0.5) is 0 Å². The van der Waals surface area contributed by atoms with Crippen molar-refractivity contribution in [1.29, 1.82) is 0 Å². The van der Waals surface area contributed by atoms with E-state index in [1.54, 1.807) is 0 Å². The van der Waals surface area contributed by atoms with Crippen molar-refractivity contribution in [3.63, 3.8) is 0 Å². The van der Waals surface area contributed by atoms with Crippen molar-refractivity contribution in [2.45, 2.75) is 32.4 Å². The number of hydrogen-bond donors (Lipinski definition) is 1. The van der Waals surface area contributed by atoms with Gasteiger partial charge in [0, 0.05) is 52.9 Å². The fourth-order valence-corrected chi connectivity index (χ4v) is 4.01. The first kappa shape index (κ1) is 25.7. The van der Waals surface area contributed by atoms with E-state index in [1.165, 1.54) is 0 Å². The Kier molecular flexibility index (Phi) is 10.2. The molecule has 0 bridgehead atoms. The molecule has 2 fully saturated rings. The summed E-state index contributed by atoms with van der Waals surface area (Å²) in [5.41, 5.74) is 0. The lowest BCUT2D eigenvalue weighted by molar-refractivity contribution is 0.111. The maximum Gasteiger partial charge on any atom is 0.194 e. The van der Waals surface area contributed by atoms with Crippen molar-refractivity contribution < 1.29 is 9.47 Å². The summed E-state index contributed by atoms with van der Waals surface area (Å²) in [5.74, 6) is 3.63. The Morgan fingerprint density at radius 3 is 2.64 bits per heavy atom. The van der Waals surface area contributed by atoms with Gasteiger partial charge in [-0.1, -0.05) is 18.2 Å². The highest BCUT2D eigenvalue weighted by Gasteiger charge is 2.22. The molecule has 0 spiro atoms. The zero-order valence-electron chi connectivity index (χ0n) is 19.7. The molecule has 1 atom stereocenters. The van der Waals surface area contributed by atoms with Crippen LogP contribution in [-0.2, 0) is 18.3 Å². The molecule has 10 heteroatoms. The Bertz CT molecular complexity index is 863. The predicted molar refractivity (Wildman–Crippen MR) is 139 cm³/mol. The van der Waals surface area contributed by atoms with Gasteiger partial charge in [0.1, 0.15) is 24.7 Å². The van der Waals surface area contributed by atoms with Crippen LogP contribution in [0.1, 0.15) is 24.5 Å². The summed E-state index contributed by atoms with van der Waals surface area (Å²) in [5, 5.41) is 12.0. The molecule has 1 aromatic heterocycles. The molecule has 4 rings (SSSR count). The van der Waals surface area contributed by atoms with Crippen LogP contribution in [0.3, 0.4) is 0 Å². The Balaban J connectivity index is 0.00000306. The van der Waals surface area contributed by atoms with E-state index >= 15 is 0 Å². The van der Waals surface area contributed by atoms with E-state index in [-0.39, 0.29) is 30.1 Å². The van der Waals surface area contributed by atoms with Crippen LogP contribution < -0.4 is 10.1 Å². The highest BCUT2D eigenvalue weighted by Crippen LogP contribution is 2.12. The van der Waals surface area contributed by atoms with E-state index in [0.29, 0.717) is 13.2 Å². The summed E-state index contributed by atoms with van der Waals surface area (Å²) in [7, 11) is 1.98. The highest BCUT2D eigenvalue weighted by atomic mass is 127. The molecule has 1 N–H and O–H groups in total. The van der Waals surface area contributed by atoms with Gasteiger partial charge in [-0.05, 0) is 31.9 Å². The number of aryl methyl sites for hydroxylation is 1. The fraction of sp³-hybridized carbons (Fsp3) is 0.609. The normalized spacial score (nSPS) is 19.4. The van der Waals surface area contributed by atoms with Gasteiger partial charge in [-0.25, -0.2) is 4.99 Å². The number of nitrogens with zero attached hydrogens (tertiary/aromatic N) is 6. The van der Waals surface area contributed by atoms with Gasteiger partial charge >= 0.3 is 0 Å². The van der Waals surface area contributed by atoms with Crippen LogP contribution in [0.2, 0.25) is 0 Å². The second kappa shape index (κ2) is 13.1. The number of para-hydroxylation sites is 1. The summed E-state index contributed by atoms with van der Waals surface area (Å²) >= 11 is 0. The van der Waals surface area contributed by atoms with Crippen LogP contribution >= 0.6 is 24.0 Å². The number of rotatable bonds is 8. The number of benzene rings is 1. The lowest BCUT2D eigenvalue weighted by Crippen LogP contribution is -2.53. The molecule has 0 saturated carbocycles. The van der Waals surface area contributed by atoms with Crippen molar-refractivity contribution >= 4 is 29.9 Å². The van der Waals surface area contributed by atoms with Gasteiger partial charge in [0.2, 0.25) is 0 Å². The number of aliphatic imine (C=N–C) groups is 1. The number of halogens is 1. The number of guanidine groups is 1. The number of nitrogens with one attached hydrogen (secondary N) is 1. The second-order valence-electron chi connectivity index (χ2n) is 8.37. The van der Waals surface area contributed by atoms with E-state index in [2.05, 4.69) is 25.3 Å². The summed E-state index contributed by atoms with van der Waals surface area (Å²) in [6.07, 6.45) is 2.52. The number of aromatic nitrogens is 3. The topological polar surface area (TPSA) is 80.0 Å². The Labute approximate surface area is 213 Å². The minimum absolute atomic E-state index is 0. The smallest absolute Gasteiger partial charge is 0.194 e. The van der Waals surface area contributed by atoms with Gasteiger partial charge in [-0.15, -0.1) is 34.2 Å². The van der Waals surface area contributed by atoms with Gasteiger partial charge in [-0.2, -0.15) is 0 Å². The van der Waals surface area contributed by atoms with Gasteiger partial charge in [0.15, 0.2) is 11.8 Å². The lowest BCUT2D eigenvalue weighted by Gasteiger charge is -2.36. The molecular formula is C23H36IN7O2. The van der Waals surface area contributed by atoms with Crippen LogP contribution in [-0.4, -0.2) is 89.1 Å². The largest absolute Gasteiger partial charge is 0.492 e. The maximum absolute atomic E-state index is 5.86. The van der Waals surface area contributed by atoms with Crippen molar-refractivity contribution in [3.8, 4) is 5.75 Å². The Hall–Kier alpha value is -1.92. The van der Waals surface area contributed by atoms with E-state index in [1.807, 2.05) is 48.9 Å². The third kappa shape index (κ3) is 7.54. The first-order chi connectivity index (χ1) is 15.7. The SMILES string of the molecule is Cc1nnc(CN=C(NCC2CCCO2)N2CCN(CCOc3ccccc3)CC2)n1C.I. The summed E-state index contributed by atoms with van der Waals surface area (Å²) in [6.45, 7) is 9.59. The Morgan fingerprint density at radius 1 is 1.18 bits per heavy atom. The van der Waals surface area contributed by atoms with E-state index in [0.717, 1.165) is 82.1 Å². The third-order valence-electron chi connectivity index (χ3n) is 6.16. The van der Waals surface area contributed by atoms with Crippen LogP contribution in [0.5, 0.6) is 5.75 Å². The molecule has 2 aliphatic rings. The van der Waals surface area contributed by atoms with Crippen molar-refractivity contribution in [2.75, 3.05) is 52.5 Å². The molecule has 0 radical (unpaired) electrons. The average Bonchev–Trinajstić information content (AvgIpc) is 3.46. The lowest BCUT2D eigenvalue weighted by atomic mass is 10.2. The van der Waals surface area contributed by atoms with E-state index in [9.17, 15) is 0 Å². The predicted octanol–water partition coefficient (Wildman–Crippen LogP) is 2.06. The molecule has 2 aliphatic heterocycles. The number of hydrogen-bond acceptors (Lipinski definition) is 6. The molecule has 1 aromatic carbocycles. The maximum atomic E-state index is 5.86. The first-order valence-electron chi connectivity index (χ1n) is 11.6. The summed E-state index contributed by atoms with van der Waals surface area (Å²) in [4.78, 5) is 9.68. The fourth-order valence-electron chi connectivity index (χ4n) is 4.01. The molecule has 182 valence electrons. The third-order valence-corrected chi connectivity index (χ3v) is 6.16. The monoisotopic (exact) mass is 569 g/mol. The Morgan fingerprint density at radius 2 is 1.97 bits per heavy atom. The van der Waals surface area contributed by atoms with Gasteiger partial charge in [-0.3, -0.25) is 4.90 Å². The zero-order valence-corrected chi connectivity index (χ0v) is 22.0. The standard InChI is InChI=1S/C23H35N7O2.HI/c1-19-26-27-22(28(19)2)18-25-23(24-17-21-9-6-15-31-21)30-12-10-29(11-13-30)14-16-32-20-7-4-3-5-8-20;/h3-5,7-8,21H,6,9-18H2,1-2H3,(H,24,25);1H. The molecule has 1 unspecified atom stereocenters. The van der Waals surface area contributed by atoms with Crippen molar-refractivity contribution in [3.05, 3.63) is 42.0 Å². The van der Waals surface area contributed by atoms with Crippen molar-refractivity contribution in [2.24, 2.45) is 12.0 Å². The quantitative estimate of drug-likeness (QED) is 0.296. The van der Waals surface area contributed by atoms with Crippen molar-refractivity contribution in [1.82, 2.24) is 29.9 Å². The molecule has 2 aromatic rings. The molecule has 0 amide bonds. The van der Waals surface area contributed by atoms with E-state index < -0.39 is 0 Å². The minimum Gasteiger partial charge on any atom is -0.492 e. The van der Waals surface area contributed by atoms with Gasteiger partial charge in [0.25, 0.3) is 0 Å². The molecule has 33 heavy (non-hydrogen) atoms. The summed E-state index contributed by atoms with van der Waals surface area (Å²) < 4.78 is 13.6. The first-order valence-corrected chi connectivity index (χ1v) is 11.6. The van der Waals surface area contributed by atoms with Crippen LogP contribution in [0, 0.1) is 6.92 Å². The van der Waals surface area contributed by atoms with E-state index in [4.69, 9.17) is 14.5 Å². The highest BCUT2D eigenvalue weighted by molar-refractivity contribution is 14.0. The zero-order chi connectivity index (χ0) is 22.2. The second-order valence-corrected chi connectivity index (χ2v) is 8.37. The minimum atomic E-state index is 0. The molecule has 9 nitrogen and oxygen atoms in total. The average molecular weight is 569 g/mol. The molecule has 3 heterocycles. The van der Waals surface area contributed by atoms with Gasteiger partial charge < -0.3 is 24.3 Å². The number of ether oxygens (including phenoxy) is 2. The van der Waals surface area contributed by atoms with Crippen LogP contribution in [0.25, 0.3) is 0 Å². The van der Waals surface area contributed by atoms with Gasteiger partial charge in [0.05, 0.1) is 6.10 Å². The molecule has 0 aliphatic carbocycles. The molecule has 2 saturated heterocycles. The molecular weight excluding hydrogens is 533 g/mol. The summed E-state index contributed by atoms with van der Waals surface area (Å²) in [6, 6.07) is 10.0.